The van der Waals surface area contributed by atoms with E-state index in [1.807, 2.05) is 41.5 Å². The molecule has 1 radical (unpaired) electrons. The molecule has 0 spiro atoms. The third-order valence-electron chi connectivity index (χ3n) is 1.34. The Labute approximate surface area is 138 Å². The van der Waals surface area contributed by atoms with Crippen molar-refractivity contribution in [2.24, 2.45) is 0 Å². The van der Waals surface area contributed by atoms with E-state index in [4.69, 9.17) is 5.73 Å². The van der Waals surface area contributed by atoms with Crippen LogP contribution in [0.4, 0.5) is 0 Å². The van der Waals surface area contributed by atoms with E-state index < -0.39 is 0 Å². The van der Waals surface area contributed by atoms with E-state index in [2.05, 4.69) is 16.0 Å². The summed E-state index contributed by atoms with van der Waals surface area (Å²) in [5.74, 6) is 0. The summed E-state index contributed by atoms with van der Waals surface area (Å²) < 4.78 is 0. The van der Waals surface area contributed by atoms with Crippen molar-refractivity contribution in [1.29, 1.82) is 0 Å². The molecule has 19 heavy (non-hydrogen) atoms. The van der Waals surface area contributed by atoms with Gasteiger partial charge in [0.15, 0.2) is 0 Å². The van der Waals surface area contributed by atoms with Crippen molar-refractivity contribution < 1.29 is 22.4 Å². The van der Waals surface area contributed by atoms with E-state index in [0.29, 0.717) is 6.54 Å². The van der Waals surface area contributed by atoms with Crippen LogP contribution < -0.4 is 0 Å². The summed E-state index contributed by atoms with van der Waals surface area (Å²) >= 11 is 0. The van der Waals surface area contributed by atoms with Crippen LogP contribution in [0.5, 0.6) is 0 Å². The van der Waals surface area contributed by atoms with Crippen molar-refractivity contribution in [3.8, 4) is 0 Å². The number of nitrogens with one attached hydrogen (secondary N) is 1. The quantitative estimate of drug-likeness (QED) is 0.540. The number of rotatable bonds is 6. The Morgan fingerprint density at radius 1 is 0.526 bits per heavy atom. The van der Waals surface area contributed by atoms with E-state index in [0.717, 1.165) is 39.3 Å². The fourth-order valence-electron chi connectivity index (χ4n) is 0.671. The van der Waals surface area contributed by atoms with Crippen molar-refractivity contribution >= 4 is 0 Å². The van der Waals surface area contributed by atoms with E-state index in [9.17, 15) is 0 Å². The van der Waals surface area contributed by atoms with Gasteiger partial charge in [0, 0.05) is 22.4 Å². The average molecular weight is 441 g/mol. The van der Waals surface area contributed by atoms with Gasteiger partial charge in [0.2, 0.25) is 0 Å². The molecule has 0 rings (SSSR count). The van der Waals surface area contributed by atoms with E-state index >= 15 is 0 Å². The van der Waals surface area contributed by atoms with Crippen LogP contribution in [0.3, 0.4) is 0 Å². The van der Waals surface area contributed by atoms with Gasteiger partial charge in [0.25, 0.3) is 0 Å². The molecule has 5 heteroatoms. The molecule has 0 aromatic heterocycles. The van der Waals surface area contributed by atoms with Crippen LogP contribution in [-0.4, -0.2) is 45.8 Å². The maximum atomic E-state index is 6.21. The predicted molar refractivity (Wildman–Crippen MR) is 88.2 cm³/mol. The van der Waals surface area contributed by atoms with Gasteiger partial charge in [-0.15, -0.1) is 0 Å². The minimum atomic E-state index is 0. The zero-order valence-electron chi connectivity index (χ0n) is 14.2. The van der Waals surface area contributed by atoms with Gasteiger partial charge in [0.1, 0.15) is 0 Å². The Hall–Kier alpha value is 0.580. The minimum Gasteiger partial charge on any atom is -0.678 e. The molecule has 0 amide bonds. The summed E-state index contributed by atoms with van der Waals surface area (Å²) in [5, 5.41) is 11.9. The third kappa shape index (κ3) is 118. The molecule has 0 atom stereocenters. The normalized spacial score (nSPS) is 7.58. The summed E-state index contributed by atoms with van der Waals surface area (Å²) in [4.78, 5) is 0. The molecule has 0 aliphatic carbocycles. The van der Waals surface area contributed by atoms with Gasteiger partial charge in [-0.3, -0.25) is 0 Å². The molecule has 4 nitrogen and oxygen atoms in total. The fraction of sp³-hybridized carbons (Fsp3) is 1.00. The first-order valence-electron chi connectivity index (χ1n) is 7.20. The van der Waals surface area contributed by atoms with Crippen molar-refractivity contribution in [2.75, 3.05) is 45.8 Å². The zero-order chi connectivity index (χ0) is 15.1. The monoisotopic (exact) mass is 441 g/mol. The zero-order valence-corrected chi connectivity index (χ0v) is 17.5. The van der Waals surface area contributed by atoms with Gasteiger partial charge in [-0.2, -0.15) is 45.8 Å². The first-order chi connectivity index (χ1) is 8.66. The molecule has 0 aromatic carbocycles. The molecule has 0 unspecified atom stereocenters. The molecule has 0 bridgehead atoms. The van der Waals surface area contributed by atoms with Gasteiger partial charge in [-0.05, 0) is 0 Å². The Bertz CT molecular complexity index is 65.6. The summed E-state index contributed by atoms with van der Waals surface area (Å²) in [7, 11) is 0. The molecule has 0 saturated carbocycles. The van der Waals surface area contributed by atoms with Crippen LogP contribution >= 0.6 is 0 Å². The maximum Gasteiger partial charge on any atom is 0 e. The third-order valence-corrected chi connectivity index (χ3v) is 1.34. The summed E-state index contributed by atoms with van der Waals surface area (Å²) in [6.07, 6.45) is 0. The van der Waals surface area contributed by atoms with Crippen molar-refractivity contribution in [1.82, 2.24) is 0 Å². The van der Waals surface area contributed by atoms with Gasteiger partial charge in [-0.25, -0.2) is 0 Å². The van der Waals surface area contributed by atoms with E-state index in [1.54, 1.807) is 6.92 Å². The van der Waals surface area contributed by atoms with Crippen molar-refractivity contribution in [3.63, 3.8) is 0 Å². The molecule has 0 aliphatic rings. The van der Waals surface area contributed by atoms with Crippen molar-refractivity contribution in [2.45, 2.75) is 48.5 Å². The molecule has 121 valence electrons. The largest absolute Gasteiger partial charge is 0.678 e. The van der Waals surface area contributed by atoms with Gasteiger partial charge in [0.05, 0.1) is 0 Å². The molecule has 0 fully saturated rings. The summed E-state index contributed by atoms with van der Waals surface area (Å²) in [5.41, 5.74) is 6.21. The SMILES string of the molecule is CC[N-]CC.CC[N-]CC.CC[N-]CC.CC[NH-].[Ta]. The van der Waals surface area contributed by atoms with Crippen LogP contribution in [0.15, 0.2) is 0 Å². The molecular formula is C14H36N4Ta-4. The van der Waals surface area contributed by atoms with Crippen molar-refractivity contribution in [3.05, 3.63) is 21.7 Å². The van der Waals surface area contributed by atoms with Gasteiger partial charge in [-0.1, -0.05) is 48.5 Å². The van der Waals surface area contributed by atoms with E-state index in [-0.39, 0.29) is 22.4 Å². The molecular weight excluding hydrogens is 405 g/mol. The molecule has 1 N–H and O–H groups in total. The topological polar surface area (TPSA) is 66.1 Å². The average Bonchev–Trinajstić information content (AvgIpc) is 2.35. The first-order valence-corrected chi connectivity index (χ1v) is 7.20. The second kappa shape index (κ2) is 51.3. The van der Waals surface area contributed by atoms with Crippen LogP contribution in [0, 0.1) is 0 Å². The smallest absolute Gasteiger partial charge is 0 e. The number of hydrogen-bond donors (Lipinski definition) is 0. The summed E-state index contributed by atoms with van der Waals surface area (Å²) in [6, 6.07) is 0. The first kappa shape index (κ1) is 31.8. The Morgan fingerprint density at radius 3 is 0.632 bits per heavy atom. The van der Waals surface area contributed by atoms with Crippen LogP contribution in [0.2, 0.25) is 0 Å². The van der Waals surface area contributed by atoms with Gasteiger partial charge < -0.3 is 21.7 Å². The maximum absolute atomic E-state index is 6.21. The number of hydrogen-bond acceptors (Lipinski definition) is 0. The predicted octanol–water partition coefficient (Wildman–Crippen LogP) is 5.26. The van der Waals surface area contributed by atoms with Gasteiger partial charge >= 0.3 is 0 Å². The van der Waals surface area contributed by atoms with Crippen LogP contribution in [0.1, 0.15) is 48.5 Å². The molecule has 0 saturated heterocycles. The number of nitrogens with zero attached hydrogens (tertiary/aromatic N) is 3. The Balaban J connectivity index is -0.0000000458. The van der Waals surface area contributed by atoms with Crippen LogP contribution in [-0.2, 0) is 22.4 Å². The molecule has 0 heterocycles. The Morgan fingerprint density at radius 2 is 0.632 bits per heavy atom. The standard InChI is InChI=1S/3C4H10N.C2H6N.Ta/c3*1-3-5-4-2;1-2-3;/h3*3-4H2,1-2H3;3H,2H2,1H3;/q4*-1;. The second-order valence-electron chi connectivity index (χ2n) is 2.92. The fourth-order valence-corrected chi connectivity index (χ4v) is 0.671. The Kier molecular flexibility index (Phi) is 85.9. The summed E-state index contributed by atoms with van der Waals surface area (Å²) in [6.45, 7) is 20.4. The van der Waals surface area contributed by atoms with Crippen LogP contribution in [0.25, 0.3) is 21.7 Å². The second-order valence-corrected chi connectivity index (χ2v) is 2.92. The molecule has 0 aliphatic heterocycles. The minimum absolute atomic E-state index is 0. The van der Waals surface area contributed by atoms with E-state index in [1.165, 1.54) is 0 Å². The molecule has 0 aromatic rings.